The van der Waals surface area contributed by atoms with E-state index in [0.29, 0.717) is 37.2 Å². The molecule has 2 N–H and O–H groups in total. The highest BCUT2D eigenvalue weighted by Crippen LogP contribution is 2.39. The van der Waals surface area contributed by atoms with E-state index in [2.05, 4.69) is 10.2 Å². The van der Waals surface area contributed by atoms with Gasteiger partial charge in [0.25, 0.3) is 0 Å². The van der Waals surface area contributed by atoms with Crippen LogP contribution in [0.3, 0.4) is 0 Å². The number of hydrogen-bond acceptors (Lipinski definition) is 3. The lowest BCUT2D eigenvalue weighted by Crippen LogP contribution is -2.36. The normalized spacial score (nSPS) is 18.1. The molecule has 1 atom stereocenters. The van der Waals surface area contributed by atoms with E-state index >= 15 is 0 Å². The van der Waals surface area contributed by atoms with Crippen molar-refractivity contribution in [2.24, 2.45) is 0 Å². The van der Waals surface area contributed by atoms with Gasteiger partial charge >= 0.3 is 6.18 Å². The summed E-state index contributed by atoms with van der Waals surface area (Å²) in [7, 11) is 0. The SMILES string of the molecule is OC(c1n[nH]c2ccccc12)N1CCC(c2ccccc2C(F)(F)F)CC1. The maximum atomic E-state index is 13.3. The number of aliphatic hydroxyl groups is 1. The highest BCUT2D eigenvalue weighted by Gasteiger charge is 2.36. The summed E-state index contributed by atoms with van der Waals surface area (Å²) < 4.78 is 39.8. The van der Waals surface area contributed by atoms with E-state index < -0.39 is 18.0 Å². The predicted molar refractivity (Wildman–Crippen MR) is 96.0 cm³/mol. The Morgan fingerprint density at radius 3 is 2.44 bits per heavy atom. The Hall–Kier alpha value is -2.38. The minimum absolute atomic E-state index is 0.165. The molecule has 7 heteroatoms. The molecule has 2 aromatic carbocycles. The number of hydrogen-bond donors (Lipinski definition) is 2. The predicted octanol–water partition coefficient (Wildman–Crippen LogP) is 4.45. The first-order valence-electron chi connectivity index (χ1n) is 8.96. The Morgan fingerprint density at radius 2 is 1.70 bits per heavy atom. The van der Waals surface area contributed by atoms with Gasteiger partial charge in [-0.25, -0.2) is 0 Å². The molecule has 4 rings (SSSR count). The topological polar surface area (TPSA) is 52.2 Å². The number of piperidine rings is 1. The number of nitrogens with zero attached hydrogens (tertiary/aromatic N) is 2. The maximum Gasteiger partial charge on any atom is 0.416 e. The molecule has 1 aliphatic rings. The third-order valence-corrected chi connectivity index (χ3v) is 5.33. The van der Waals surface area contributed by atoms with Gasteiger partial charge in [-0.2, -0.15) is 18.3 Å². The molecule has 0 spiro atoms. The van der Waals surface area contributed by atoms with Crippen LogP contribution in [0.5, 0.6) is 0 Å². The summed E-state index contributed by atoms with van der Waals surface area (Å²) in [6, 6.07) is 13.3. The van der Waals surface area contributed by atoms with E-state index in [1.807, 2.05) is 29.2 Å². The van der Waals surface area contributed by atoms with Gasteiger partial charge in [0.15, 0.2) is 6.23 Å². The molecule has 1 saturated heterocycles. The first kappa shape index (κ1) is 18.0. The molecule has 4 nitrogen and oxygen atoms in total. The van der Waals surface area contributed by atoms with Crippen LogP contribution in [0.4, 0.5) is 13.2 Å². The average molecular weight is 375 g/mol. The van der Waals surface area contributed by atoms with Crippen molar-refractivity contribution in [3.8, 4) is 0 Å². The number of nitrogens with one attached hydrogen (secondary N) is 1. The summed E-state index contributed by atoms with van der Waals surface area (Å²) in [5, 5.41) is 18.7. The molecule has 0 aliphatic carbocycles. The molecular formula is C20H20F3N3O. The lowest BCUT2D eigenvalue weighted by molar-refractivity contribution is -0.138. The van der Waals surface area contributed by atoms with E-state index in [-0.39, 0.29) is 5.92 Å². The third kappa shape index (κ3) is 3.44. The number of rotatable bonds is 3. The largest absolute Gasteiger partial charge is 0.416 e. The van der Waals surface area contributed by atoms with E-state index in [1.165, 1.54) is 6.07 Å². The average Bonchev–Trinajstić information content (AvgIpc) is 3.11. The summed E-state index contributed by atoms with van der Waals surface area (Å²) >= 11 is 0. The van der Waals surface area contributed by atoms with Crippen molar-refractivity contribution in [1.29, 1.82) is 0 Å². The molecule has 0 saturated carbocycles. The number of fused-ring (bicyclic) bond motifs is 1. The van der Waals surface area contributed by atoms with Gasteiger partial charge in [-0.1, -0.05) is 36.4 Å². The van der Waals surface area contributed by atoms with Gasteiger partial charge < -0.3 is 5.11 Å². The molecule has 2 heterocycles. The van der Waals surface area contributed by atoms with E-state index in [0.717, 1.165) is 17.0 Å². The van der Waals surface area contributed by atoms with E-state index in [1.54, 1.807) is 12.1 Å². The zero-order chi connectivity index (χ0) is 19.0. The Kier molecular flexibility index (Phi) is 4.65. The van der Waals surface area contributed by atoms with Gasteiger partial charge in [0.1, 0.15) is 5.69 Å². The van der Waals surface area contributed by atoms with Crippen molar-refractivity contribution < 1.29 is 18.3 Å². The van der Waals surface area contributed by atoms with Crippen molar-refractivity contribution in [2.75, 3.05) is 13.1 Å². The number of halogens is 3. The quantitative estimate of drug-likeness (QED) is 0.711. The van der Waals surface area contributed by atoms with Gasteiger partial charge in [-0.05, 0) is 36.5 Å². The fourth-order valence-corrected chi connectivity index (χ4v) is 3.92. The molecule has 1 unspecified atom stereocenters. The standard InChI is InChI=1S/C20H20F3N3O/c21-20(22,23)16-7-3-1-5-14(16)13-9-11-26(12-10-13)19(27)18-15-6-2-4-8-17(15)24-25-18/h1-8,13,19,27H,9-12H2,(H,24,25). The van der Waals surface area contributed by atoms with Crippen LogP contribution < -0.4 is 0 Å². The van der Waals surface area contributed by atoms with Crippen LogP contribution in [0.2, 0.25) is 0 Å². The van der Waals surface area contributed by atoms with Gasteiger partial charge in [0, 0.05) is 18.5 Å². The summed E-state index contributed by atoms with van der Waals surface area (Å²) in [4.78, 5) is 1.87. The van der Waals surface area contributed by atoms with Crippen LogP contribution in [0, 0.1) is 0 Å². The van der Waals surface area contributed by atoms with Gasteiger partial charge in [-0.3, -0.25) is 10.00 Å². The smallest absolute Gasteiger partial charge is 0.372 e. The number of para-hydroxylation sites is 1. The van der Waals surface area contributed by atoms with Crippen LogP contribution in [0.15, 0.2) is 48.5 Å². The Balaban J connectivity index is 1.50. The van der Waals surface area contributed by atoms with Crippen LogP contribution in [-0.2, 0) is 6.18 Å². The van der Waals surface area contributed by atoms with Gasteiger partial charge in [0.2, 0.25) is 0 Å². The molecule has 27 heavy (non-hydrogen) atoms. The Bertz CT molecular complexity index is 929. The molecule has 1 aliphatic heterocycles. The lowest BCUT2D eigenvalue weighted by atomic mass is 9.86. The molecular weight excluding hydrogens is 355 g/mol. The monoisotopic (exact) mass is 375 g/mol. The fourth-order valence-electron chi connectivity index (χ4n) is 3.92. The second-order valence-corrected chi connectivity index (χ2v) is 6.92. The van der Waals surface area contributed by atoms with Crippen molar-refractivity contribution in [3.63, 3.8) is 0 Å². The summed E-state index contributed by atoms with van der Waals surface area (Å²) in [6.45, 7) is 1.03. The minimum atomic E-state index is -4.35. The number of alkyl halides is 3. The highest BCUT2D eigenvalue weighted by atomic mass is 19.4. The van der Waals surface area contributed by atoms with E-state index in [4.69, 9.17) is 0 Å². The van der Waals surface area contributed by atoms with E-state index in [9.17, 15) is 18.3 Å². The second-order valence-electron chi connectivity index (χ2n) is 6.92. The number of aromatic nitrogens is 2. The number of aromatic amines is 1. The van der Waals surface area contributed by atoms with Crippen LogP contribution >= 0.6 is 0 Å². The first-order chi connectivity index (χ1) is 12.9. The Morgan fingerprint density at radius 1 is 1.04 bits per heavy atom. The molecule has 0 bridgehead atoms. The zero-order valence-electron chi connectivity index (χ0n) is 14.6. The molecule has 0 amide bonds. The van der Waals surface area contributed by atoms with Crippen molar-refractivity contribution >= 4 is 10.9 Å². The van der Waals surface area contributed by atoms with Crippen molar-refractivity contribution in [1.82, 2.24) is 15.1 Å². The summed E-state index contributed by atoms with van der Waals surface area (Å²) in [5.41, 5.74) is 1.20. The minimum Gasteiger partial charge on any atom is -0.372 e. The number of aliphatic hydroxyl groups excluding tert-OH is 1. The Labute approximate surface area is 154 Å². The molecule has 0 radical (unpaired) electrons. The zero-order valence-corrected chi connectivity index (χ0v) is 14.6. The summed E-state index contributed by atoms with van der Waals surface area (Å²) in [5.74, 6) is -0.165. The second kappa shape index (κ2) is 6.98. The van der Waals surface area contributed by atoms with Gasteiger partial charge in [0.05, 0.1) is 11.1 Å². The number of H-pyrrole nitrogens is 1. The molecule has 3 aromatic rings. The van der Waals surface area contributed by atoms with Crippen molar-refractivity contribution in [2.45, 2.75) is 31.2 Å². The highest BCUT2D eigenvalue weighted by molar-refractivity contribution is 5.81. The van der Waals surface area contributed by atoms with Gasteiger partial charge in [-0.15, -0.1) is 0 Å². The number of likely N-dealkylation sites (tertiary alicyclic amines) is 1. The maximum absolute atomic E-state index is 13.3. The lowest BCUT2D eigenvalue weighted by Gasteiger charge is -2.35. The number of benzene rings is 2. The van der Waals surface area contributed by atoms with Crippen LogP contribution in [0.25, 0.3) is 10.9 Å². The fraction of sp³-hybridized carbons (Fsp3) is 0.350. The van der Waals surface area contributed by atoms with Crippen LogP contribution in [0.1, 0.15) is 41.8 Å². The third-order valence-electron chi connectivity index (χ3n) is 5.33. The first-order valence-corrected chi connectivity index (χ1v) is 8.96. The van der Waals surface area contributed by atoms with Crippen molar-refractivity contribution in [3.05, 3.63) is 65.4 Å². The molecule has 142 valence electrons. The molecule has 1 aromatic heterocycles. The molecule has 1 fully saturated rings. The summed E-state index contributed by atoms with van der Waals surface area (Å²) in [6.07, 6.45) is -4.10. The van der Waals surface area contributed by atoms with Crippen LogP contribution in [-0.4, -0.2) is 33.3 Å².